The highest BCUT2D eigenvalue weighted by Crippen LogP contribution is 2.18. The first-order valence-electron chi connectivity index (χ1n) is 4.62. The van der Waals surface area contributed by atoms with Crippen molar-refractivity contribution in [2.24, 2.45) is 0 Å². The molecule has 66 valence electrons. The van der Waals surface area contributed by atoms with E-state index >= 15 is 0 Å². The minimum absolute atomic E-state index is 1.10. The lowest BCUT2D eigenvalue weighted by atomic mass is 10.1. The summed E-state index contributed by atoms with van der Waals surface area (Å²) in [5.41, 5.74) is 3.92. The van der Waals surface area contributed by atoms with Crippen LogP contribution in [0.1, 0.15) is 12.5 Å². The van der Waals surface area contributed by atoms with E-state index in [1.165, 1.54) is 16.7 Å². The molecule has 0 unspecified atom stereocenters. The van der Waals surface area contributed by atoms with Gasteiger partial charge in [0.25, 0.3) is 0 Å². The normalized spacial score (nSPS) is 10.2. The SMILES string of the molecule is CCc1ccc(-c2cc[nH]c2)cc1. The number of benzene rings is 1. The van der Waals surface area contributed by atoms with Gasteiger partial charge in [0.05, 0.1) is 0 Å². The minimum atomic E-state index is 1.10. The molecule has 1 N–H and O–H groups in total. The van der Waals surface area contributed by atoms with Gasteiger partial charge in [-0.3, -0.25) is 0 Å². The van der Waals surface area contributed by atoms with Crippen molar-refractivity contribution >= 4 is 0 Å². The summed E-state index contributed by atoms with van der Waals surface area (Å²) >= 11 is 0. The number of nitrogens with one attached hydrogen (secondary N) is 1. The van der Waals surface area contributed by atoms with E-state index in [0.29, 0.717) is 0 Å². The molecule has 0 saturated carbocycles. The van der Waals surface area contributed by atoms with Gasteiger partial charge in [0.2, 0.25) is 0 Å². The Bertz CT molecular complexity index is 357. The Morgan fingerprint density at radius 3 is 2.31 bits per heavy atom. The van der Waals surface area contributed by atoms with Gasteiger partial charge >= 0.3 is 0 Å². The number of hydrogen-bond donors (Lipinski definition) is 1. The van der Waals surface area contributed by atoms with Crippen molar-refractivity contribution in [3.05, 3.63) is 48.3 Å². The fourth-order valence-electron chi connectivity index (χ4n) is 1.44. The van der Waals surface area contributed by atoms with Crippen LogP contribution in [0.25, 0.3) is 11.1 Å². The Kier molecular flexibility index (Phi) is 2.17. The molecule has 0 aliphatic heterocycles. The Balaban J connectivity index is 2.33. The van der Waals surface area contributed by atoms with Gasteiger partial charge in [-0.05, 0) is 29.2 Å². The maximum absolute atomic E-state index is 3.06. The molecule has 0 saturated heterocycles. The first-order valence-corrected chi connectivity index (χ1v) is 4.62. The largest absolute Gasteiger partial charge is 0.367 e. The van der Waals surface area contributed by atoms with Crippen LogP contribution in [0.2, 0.25) is 0 Å². The van der Waals surface area contributed by atoms with E-state index in [9.17, 15) is 0 Å². The summed E-state index contributed by atoms with van der Waals surface area (Å²) in [6, 6.07) is 10.8. The van der Waals surface area contributed by atoms with Crippen molar-refractivity contribution in [2.45, 2.75) is 13.3 Å². The van der Waals surface area contributed by atoms with Crippen LogP contribution in [0.4, 0.5) is 0 Å². The highest BCUT2D eigenvalue weighted by molar-refractivity contribution is 5.62. The van der Waals surface area contributed by atoms with Crippen LogP contribution in [0.3, 0.4) is 0 Å². The number of aryl methyl sites for hydroxylation is 1. The number of aromatic nitrogens is 1. The first-order chi connectivity index (χ1) is 6.40. The summed E-state index contributed by atoms with van der Waals surface area (Å²) in [4.78, 5) is 3.06. The molecule has 1 nitrogen and oxygen atoms in total. The molecule has 1 aromatic heterocycles. The minimum Gasteiger partial charge on any atom is -0.367 e. The zero-order chi connectivity index (χ0) is 9.10. The summed E-state index contributed by atoms with van der Waals surface area (Å²) in [6.07, 6.45) is 5.07. The molecule has 1 aromatic carbocycles. The van der Waals surface area contributed by atoms with E-state index in [1.54, 1.807) is 0 Å². The molecule has 0 bridgehead atoms. The summed E-state index contributed by atoms with van der Waals surface area (Å²) in [6.45, 7) is 2.17. The summed E-state index contributed by atoms with van der Waals surface area (Å²) in [5.74, 6) is 0. The predicted molar refractivity (Wildman–Crippen MR) is 55.6 cm³/mol. The lowest BCUT2D eigenvalue weighted by Gasteiger charge is -1.99. The van der Waals surface area contributed by atoms with E-state index in [0.717, 1.165) is 6.42 Å². The van der Waals surface area contributed by atoms with Gasteiger partial charge in [0.1, 0.15) is 0 Å². The Morgan fingerprint density at radius 2 is 1.77 bits per heavy atom. The van der Waals surface area contributed by atoms with Gasteiger partial charge in [-0.2, -0.15) is 0 Å². The van der Waals surface area contributed by atoms with Crippen LogP contribution in [0.5, 0.6) is 0 Å². The van der Waals surface area contributed by atoms with Crippen molar-refractivity contribution in [3.63, 3.8) is 0 Å². The number of hydrogen-bond acceptors (Lipinski definition) is 0. The van der Waals surface area contributed by atoms with Crippen molar-refractivity contribution in [3.8, 4) is 11.1 Å². The quantitative estimate of drug-likeness (QED) is 0.714. The first kappa shape index (κ1) is 8.11. The molecular weight excluding hydrogens is 158 g/mol. The fourth-order valence-corrected chi connectivity index (χ4v) is 1.44. The van der Waals surface area contributed by atoms with E-state index in [-0.39, 0.29) is 0 Å². The molecule has 1 heterocycles. The van der Waals surface area contributed by atoms with Gasteiger partial charge in [-0.1, -0.05) is 31.2 Å². The standard InChI is InChI=1S/C12H13N/c1-2-10-3-5-11(6-4-10)12-7-8-13-9-12/h3-9,13H,2H2,1H3. The molecule has 0 spiro atoms. The van der Waals surface area contributed by atoms with Gasteiger partial charge < -0.3 is 4.98 Å². The summed E-state index contributed by atoms with van der Waals surface area (Å²) in [7, 11) is 0. The molecule has 13 heavy (non-hydrogen) atoms. The average Bonchev–Trinajstić information content (AvgIpc) is 2.71. The third-order valence-electron chi connectivity index (χ3n) is 2.29. The maximum Gasteiger partial charge on any atom is 0.00841 e. The topological polar surface area (TPSA) is 15.8 Å². The molecule has 0 atom stereocenters. The Hall–Kier alpha value is -1.50. The van der Waals surface area contributed by atoms with Crippen molar-refractivity contribution in [1.82, 2.24) is 4.98 Å². The van der Waals surface area contributed by atoms with E-state index < -0.39 is 0 Å². The molecule has 2 aromatic rings. The van der Waals surface area contributed by atoms with E-state index in [4.69, 9.17) is 0 Å². The molecule has 0 radical (unpaired) electrons. The lowest BCUT2D eigenvalue weighted by molar-refractivity contribution is 1.14. The lowest BCUT2D eigenvalue weighted by Crippen LogP contribution is -1.79. The van der Waals surface area contributed by atoms with Crippen LogP contribution < -0.4 is 0 Å². The van der Waals surface area contributed by atoms with Crippen molar-refractivity contribution in [1.29, 1.82) is 0 Å². The van der Waals surface area contributed by atoms with E-state index in [2.05, 4.69) is 42.2 Å². The summed E-state index contributed by atoms with van der Waals surface area (Å²) < 4.78 is 0. The molecule has 0 amide bonds. The predicted octanol–water partition coefficient (Wildman–Crippen LogP) is 3.24. The second-order valence-corrected chi connectivity index (χ2v) is 3.15. The van der Waals surface area contributed by atoms with Gasteiger partial charge in [0, 0.05) is 12.4 Å². The molecule has 0 fully saturated rings. The van der Waals surface area contributed by atoms with Crippen LogP contribution in [0, 0.1) is 0 Å². The Labute approximate surface area is 78.4 Å². The Morgan fingerprint density at radius 1 is 1.00 bits per heavy atom. The second-order valence-electron chi connectivity index (χ2n) is 3.15. The maximum atomic E-state index is 3.06. The number of H-pyrrole nitrogens is 1. The van der Waals surface area contributed by atoms with Gasteiger partial charge in [-0.25, -0.2) is 0 Å². The number of rotatable bonds is 2. The smallest absolute Gasteiger partial charge is 0.00841 e. The van der Waals surface area contributed by atoms with Crippen molar-refractivity contribution in [2.75, 3.05) is 0 Å². The molecule has 1 heteroatoms. The highest BCUT2D eigenvalue weighted by Gasteiger charge is 1.96. The van der Waals surface area contributed by atoms with Crippen molar-refractivity contribution < 1.29 is 0 Å². The molecule has 2 rings (SSSR count). The van der Waals surface area contributed by atoms with Crippen LogP contribution >= 0.6 is 0 Å². The van der Waals surface area contributed by atoms with Crippen LogP contribution in [-0.4, -0.2) is 4.98 Å². The fraction of sp³-hybridized carbons (Fsp3) is 0.167. The van der Waals surface area contributed by atoms with Gasteiger partial charge in [0.15, 0.2) is 0 Å². The molecule has 0 aliphatic carbocycles. The molecular formula is C12H13N. The highest BCUT2D eigenvalue weighted by atomic mass is 14.6. The average molecular weight is 171 g/mol. The monoisotopic (exact) mass is 171 g/mol. The van der Waals surface area contributed by atoms with Gasteiger partial charge in [-0.15, -0.1) is 0 Å². The second kappa shape index (κ2) is 3.48. The third-order valence-corrected chi connectivity index (χ3v) is 2.29. The zero-order valence-corrected chi connectivity index (χ0v) is 7.75. The number of aromatic amines is 1. The van der Waals surface area contributed by atoms with Crippen LogP contribution in [0.15, 0.2) is 42.7 Å². The van der Waals surface area contributed by atoms with E-state index in [1.807, 2.05) is 12.4 Å². The summed E-state index contributed by atoms with van der Waals surface area (Å²) in [5, 5.41) is 0. The molecule has 0 aliphatic rings. The third kappa shape index (κ3) is 1.64. The zero-order valence-electron chi connectivity index (χ0n) is 7.75. The van der Waals surface area contributed by atoms with Crippen LogP contribution in [-0.2, 0) is 6.42 Å².